The number of benzene rings is 1. The number of likely N-dealkylation sites (tertiary alicyclic amines) is 1. The number of carbonyl (C=O) groups is 2. The second kappa shape index (κ2) is 9.42. The van der Waals surface area contributed by atoms with Crippen molar-refractivity contribution < 1.29 is 18.7 Å². The number of pyridine rings is 1. The van der Waals surface area contributed by atoms with Crippen LogP contribution in [0, 0.1) is 11.7 Å². The molecule has 1 aromatic carbocycles. The zero-order valence-corrected chi connectivity index (χ0v) is 18.7. The molecule has 1 unspecified atom stereocenters. The third-order valence-corrected chi connectivity index (χ3v) is 7.03. The molecule has 2 saturated heterocycles. The molecular formula is C23H28FN3O3S. The van der Waals surface area contributed by atoms with Gasteiger partial charge in [-0.2, -0.15) is 0 Å². The van der Waals surface area contributed by atoms with Crippen molar-refractivity contribution in [1.29, 1.82) is 0 Å². The molecule has 0 spiro atoms. The lowest BCUT2D eigenvalue weighted by Crippen LogP contribution is -2.50. The van der Waals surface area contributed by atoms with Crippen LogP contribution in [0.1, 0.15) is 33.1 Å². The molecule has 4 rings (SSSR count). The Hall–Kier alpha value is -2.35. The summed E-state index contributed by atoms with van der Waals surface area (Å²) in [6.45, 7) is 6.04. The number of piperidine rings is 1. The van der Waals surface area contributed by atoms with Crippen molar-refractivity contribution in [2.24, 2.45) is 5.92 Å². The lowest BCUT2D eigenvalue weighted by Gasteiger charge is -2.38. The van der Waals surface area contributed by atoms with E-state index in [0.717, 1.165) is 29.5 Å². The predicted octanol–water partition coefficient (Wildman–Crippen LogP) is 4.32. The Morgan fingerprint density at radius 3 is 2.81 bits per heavy atom. The van der Waals surface area contributed by atoms with Gasteiger partial charge in [-0.05, 0) is 49.4 Å². The average Bonchev–Trinajstić information content (AvgIpc) is 3.11. The smallest absolute Gasteiger partial charge is 0.410 e. The van der Waals surface area contributed by atoms with Gasteiger partial charge in [0, 0.05) is 35.6 Å². The molecule has 6 nitrogen and oxygen atoms in total. The van der Waals surface area contributed by atoms with Gasteiger partial charge in [0.2, 0.25) is 5.91 Å². The zero-order chi connectivity index (χ0) is 22.0. The number of rotatable bonds is 6. The van der Waals surface area contributed by atoms with E-state index in [9.17, 15) is 14.0 Å². The maximum atomic E-state index is 13.6. The Morgan fingerprint density at radius 1 is 1.29 bits per heavy atom. The number of aromatic nitrogens is 1. The van der Waals surface area contributed by atoms with Crippen molar-refractivity contribution in [2.45, 2.75) is 50.1 Å². The van der Waals surface area contributed by atoms with E-state index >= 15 is 0 Å². The Bertz CT molecular complexity index is 962. The first kappa shape index (κ1) is 21.9. The standard InChI is InChI=1S/C23H28FN3O3S/c1-15(2)11-18-13-30-23(29)27(18)17-6-9-26(10-7-17)22(28)14-31-21-5-8-25-20-4-3-16(24)12-19(20)21/h3-5,8,12,15,17-18H,6-7,9-11,13-14H2,1-2H3. The summed E-state index contributed by atoms with van der Waals surface area (Å²) in [6, 6.07) is 6.58. The van der Waals surface area contributed by atoms with E-state index in [4.69, 9.17) is 4.74 Å². The summed E-state index contributed by atoms with van der Waals surface area (Å²) in [5.74, 6) is 0.542. The van der Waals surface area contributed by atoms with Gasteiger partial charge in [-0.3, -0.25) is 14.7 Å². The molecule has 2 amide bonds. The minimum Gasteiger partial charge on any atom is -0.447 e. The topological polar surface area (TPSA) is 62.7 Å². The molecule has 0 aliphatic carbocycles. The number of halogens is 1. The van der Waals surface area contributed by atoms with Crippen molar-refractivity contribution in [1.82, 2.24) is 14.8 Å². The monoisotopic (exact) mass is 445 g/mol. The van der Waals surface area contributed by atoms with Gasteiger partial charge in [-0.25, -0.2) is 9.18 Å². The molecule has 2 aliphatic rings. The highest BCUT2D eigenvalue weighted by molar-refractivity contribution is 8.00. The van der Waals surface area contributed by atoms with Gasteiger partial charge < -0.3 is 9.64 Å². The van der Waals surface area contributed by atoms with Gasteiger partial charge in [0.25, 0.3) is 0 Å². The van der Waals surface area contributed by atoms with Crippen LogP contribution in [0.3, 0.4) is 0 Å². The molecule has 2 fully saturated rings. The highest BCUT2D eigenvalue weighted by Gasteiger charge is 2.39. The summed E-state index contributed by atoms with van der Waals surface area (Å²) in [5, 5.41) is 0.725. The van der Waals surface area contributed by atoms with Gasteiger partial charge in [-0.15, -0.1) is 11.8 Å². The van der Waals surface area contributed by atoms with Gasteiger partial charge in [0.1, 0.15) is 12.4 Å². The van der Waals surface area contributed by atoms with Crippen LogP contribution in [0.2, 0.25) is 0 Å². The summed E-state index contributed by atoms with van der Waals surface area (Å²) >= 11 is 1.41. The normalized spacial score (nSPS) is 20.0. The molecule has 3 heterocycles. The van der Waals surface area contributed by atoms with Crippen molar-refractivity contribution in [3.8, 4) is 0 Å². The molecule has 2 aliphatic heterocycles. The summed E-state index contributed by atoms with van der Waals surface area (Å²) in [4.78, 5) is 33.9. The SMILES string of the molecule is CC(C)CC1COC(=O)N1C1CCN(C(=O)CSc2ccnc3ccc(F)cc23)CC1. The van der Waals surface area contributed by atoms with Gasteiger partial charge in [0.15, 0.2) is 0 Å². The second-order valence-electron chi connectivity index (χ2n) is 8.64. The molecule has 0 radical (unpaired) electrons. The quantitative estimate of drug-likeness (QED) is 0.620. The Morgan fingerprint density at radius 2 is 2.06 bits per heavy atom. The van der Waals surface area contributed by atoms with Crippen LogP contribution in [0.4, 0.5) is 9.18 Å². The number of ether oxygens (including phenoxy) is 1. The van der Waals surface area contributed by atoms with Gasteiger partial charge >= 0.3 is 6.09 Å². The first-order valence-electron chi connectivity index (χ1n) is 10.8. The van der Waals surface area contributed by atoms with Crippen LogP contribution in [0.15, 0.2) is 35.4 Å². The van der Waals surface area contributed by atoms with E-state index < -0.39 is 0 Å². The molecule has 0 N–H and O–H groups in total. The van der Waals surface area contributed by atoms with Gasteiger partial charge in [0.05, 0.1) is 17.3 Å². The minimum atomic E-state index is -0.313. The van der Waals surface area contributed by atoms with Crippen molar-refractivity contribution in [3.63, 3.8) is 0 Å². The molecule has 2 aromatic rings. The number of amides is 2. The van der Waals surface area contributed by atoms with Gasteiger partial charge in [-0.1, -0.05) is 13.8 Å². The van der Waals surface area contributed by atoms with Crippen LogP contribution >= 0.6 is 11.8 Å². The maximum Gasteiger partial charge on any atom is 0.410 e. The zero-order valence-electron chi connectivity index (χ0n) is 17.9. The molecule has 0 bridgehead atoms. The molecule has 1 atom stereocenters. The van der Waals surface area contributed by atoms with Crippen LogP contribution in [-0.4, -0.2) is 64.3 Å². The first-order valence-corrected chi connectivity index (χ1v) is 11.8. The van der Waals surface area contributed by atoms with Crippen molar-refractivity contribution in [2.75, 3.05) is 25.4 Å². The van der Waals surface area contributed by atoms with E-state index in [1.807, 2.05) is 15.9 Å². The molecule has 8 heteroatoms. The predicted molar refractivity (Wildman–Crippen MR) is 118 cm³/mol. The number of cyclic esters (lactones) is 1. The van der Waals surface area contributed by atoms with Crippen molar-refractivity contribution >= 4 is 34.7 Å². The molecule has 166 valence electrons. The fourth-order valence-electron chi connectivity index (χ4n) is 4.49. The number of thioether (sulfide) groups is 1. The van der Waals surface area contributed by atoms with Crippen molar-refractivity contribution in [3.05, 3.63) is 36.3 Å². The Balaban J connectivity index is 1.33. The number of hydrogen-bond donors (Lipinski definition) is 0. The average molecular weight is 446 g/mol. The van der Waals surface area contributed by atoms with E-state index in [1.165, 1.54) is 23.9 Å². The van der Waals surface area contributed by atoms with Crippen LogP contribution in [0.25, 0.3) is 10.9 Å². The van der Waals surface area contributed by atoms with E-state index in [-0.39, 0.29) is 29.9 Å². The number of hydrogen-bond acceptors (Lipinski definition) is 5. The molecule has 31 heavy (non-hydrogen) atoms. The van der Waals surface area contributed by atoms with Crippen LogP contribution in [-0.2, 0) is 9.53 Å². The largest absolute Gasteiger partial charge is 0.447 e. The lowest BCUT2D eigenvalue weighted by atomic mass is 9.98. The van der Waals surface area contributed by atoms with Crippen LogP contribution < -0.4 is 0 Å². The Kier molecular flexibility index (Phi) is 6.65. The summed E-state index contributed by atoms with van der Waals surface area (Å²) in [7, 11) is 0. The second-order valence-corrected chi connectivity index (χ2v) is 9.66. The Labute approximate surface area is 186 Å². The fourth-order valence-corrected chi connectivity index (χ4v) is 5.43. The lowest BCUT2D eigenvalue weighted by molar-refractivity contribution is -0.129. The molecule has 0 saturated carbocycles. The fraction of sp³-hybridized carbons (Fsp3) is 0.522. The summed E-state index contributed by atoms with van der Waals surface area (Å²) in [5.41, 5.74) is 0.716. The highest BCUT2D eigenvalue weighted by Crippen LogP contribution is 2.29. The van der Waals surface area contributed by atoms with E-state index in [0.29, 0.717) is 36.9 Å². The van der Waals surface area contributed by atoms with E-state index in [1.54, 1.807) is 12.3 Å². The molecular weight excluding hydrogens is 417 g/mol. The number of nitrogens with zero attached hydrogens (tertiary/aromatic N) is 3. The first-order chi connectivity index (χ1) is 14.9. The summed E-state index contributed by atoms with van der Waals surface area (Å²) < 4.78 is 19.0. The number of fused-ring (bicyclic) bond motifs is 1. The molecule has 1 aromatic heterocycles. The maximum absolute atomic E-state index is 13.6. The van der Waals surface area contributed by atoms with Crippen LogP contribution in [0.5, 0.6) is 0 Å². The third-order valence-electron chi connectivity index (χ3n) is 5.97. The van der Waals surface area contributed by atoms with E-state index in [2.05, 4.69) is 18.8 Å². The number of carbonyl (C=O) groups excluding carboxylic acids is 2. The highest BCUT2D eigenvalue weighted by atomic mass is 32.2. The third kappa shape index (κ3) is 4.95. The minimum absolute atomic E-state index is 0.0625. The summed E-state index contributed by atoms with van der Waals surface area (Å²) in [6.07, 6.45) is 3.93.